The fourth-order valence-electron chi connectivity index (χ4n) is 4.45. The molecule has 1 saturated carbocycles. The second kappa shape index (κ2) is 7.30. The van der Waals surface area contributed by atoms with E-state index in [0.29, 0.717) is 18.0 Å². The molecule has 4 aromatic rings. The molecule has 0 spiro atoms. The Bertz CT molecular complexity index is 1190. The standard InChI is InChI=1S/C22H23N7O/c1-2-15-10-16(13-24-21(15)23-4-1)19-3-5-29-20(19)14-25-22(27-29)26-17-11-18(12-17)28-6-8-30-9-7-28/h1-5,10,13-14,17-18H,6-9,11-12H2,(H,26,27)/t17-,18+. The summed E-state index contributed by atoms with van der Waals surface area (Å²) in [6, 6.07) is 9.21. The van der Waals surface area contributed by atoms with Gasteiger partial charge in [0.15, 0.2) is 5.65 Å². The van der Waals surface area contributed by atoms with Gasteiger partial charge in [0, 0.05) is 60.3 Å². The molecule has 2 fully saturated rings. The van der Waals surface area contributed by atoms with Crippen molar-refractivity contribution < 1.29 is 4.74 Å². The van der Waals surface area contributed by atoms with Crippen molar-refractivity contribution in [1.29, 1.82) is 0 Å². The second-order valence-electron chi connectivity index (χ2n) is 8.03. The summed E-state index contributed by atoms with van der Waals surface area (Å²) >= 11 is 0. The predicted molar refractivity (Wildman–Crippen MR) is 114 cm³/mol. The van der Waals surface area contributed by atoms with Gasteiger partial charge in [-0.2, -0.15) is 0 Å². The molecule has 1 aliphatic heterocycles. The SMILES string of the molecule is c1cnc2ncc(-c3ccn4nc(N[C@H]5C[C@@H](N6CCOCC6)C5)ncc34)cc2c1. The van der Waals surface area contributed by atoms with E-state index in [0.717, 1.165) is 66.8 Å². The van der Waals surface area contributed by atoms with E-state index in [4.69, 9.17) is 4.74 Å². The molecule has 0 radical (unpaired) electrons. The van der Waals surface area contributed by atoms with Crippen LogP contribution in [0.1, 0.15) is 12.8 Å². The van der Waals surface area contributed by atoms with Gasteiger partial charge in [-0.15, -0.1) is 5.10 Å². The minimum absolute atomic E-state index is 0.433. The van der Waals surface area contributed by atoms with Crippen LogP contribution in [0, 0.1) is 0 Å². The van der Waals surface area contributed by atoms with Gasteiger partial charge in [0.1, 0.15) is 0 Å². The summed E-state index contributed by atoms with van der Waals surface area (Å²) in [6.07, 6.45) is 9.75. The number of nitrogens with one attached hydrogen (secondary N) is 1. The highest BCUT2D eigenvalue weighted by molar-refractivity contribution is 5.86. The van der Waals surface area contributed by atoms with Crippen LogP contribution in [0.15, 0.2) is 49.1 Å². The fraction of sp³-hybridized carbons (Fsp3) is 0.364. The van der Waals surface area contributed by atoms with Crippen LogP contribution in [0.3, 0.4) is 0 Å². The minimum Gasteiger partial charge on any atom is -0.379 e. The number of anilines is 1. The van der Waals surface area contributed by atoms with Crippen molar-refractivity contribution >= 4 is 22.5 Å². The summed E-state index contributed by atoms with van der Waals surface area (Å²) in [5.74, 6) is 0.677. The molecule has 2 aliphatic rings. The molecule has 0 amide bonds. The van der Waals surface area contributed by atoms with E-state index in [1.807, 2.05) is 35.2 Å². The quantitative estimate of drug-likeness (QED) is 0.563. The number of fused-ring (bicyclic) bond motifs is 2. The van der Waals surface area contributed by atoms with Gasteiger partial charge < -0.3 is 10.1 Å². The van der Waals surface area contributed by atoms with E-state index < -0.39 is 0 Å². The molecule has 0 atom stereocenters. The zero-order valence-electron chi connectivity index (χ0n) is 16.6. The van der Waals surface area contributed by atoms with Gasteiger partial charge in [0.05, 0.1) is 24.9 Å². The smallest absolute Gasteiger partial charge is 0.241 e. The first kappa shape index (κ1) is 17.7. The monoisotopic (exact) mass is 401 g/mol. The first-order valence-electron chi connectivity index (χ1n) is 10.5. The zero-order valence-corrected chi connectivity index (χ0v) is 16.6. The molecule has 6 rings (SSSR count). The lowest BCUT2D eigenvalue weighted by molar-refractivity contribution is -0.00443. The van der Waals surface area contributed by atoms with E-state index in [9.17, 15) is 0 Å². The number of ether oxygens (including phenoxy) is 1. The number of aromatic nitrogens is 5. The van der Waals surface area contributed by atoms with Crippen LogP contribution in [0.5, 0.6) is 0 Å². The highest BCUT2D eigenvalue weighted by Gasteiger charge is 2.34. The van der Waals surface area contributed by atoms with Crippen molar-refractivity contribution in [1.82, 2.24) is 29.5 Å². The first-order valence-corrected chi connectivity index (χ1v) is 10.5. The third-order valence-electron chi connectivity index (χ3n) is 6.19. The summed E-state index contributed by atoms with van der Waals surface area (Å²) in [7, 11) is 0. The average Bonchev–Trinajstić information content (AvgIpc) is 3.19. The van der Waals surface area contributed by atoms with Gasteiger partial charge in [0.25, 0.3) is 0 Å². The molecule has 0 aromatic carbocycles. The third-order valence-corrected chi connectivity index (χ3v) is 6.19. The zero-order chi connectivity index (χ0) is 19.9. The van der Waals surface area contributed by atoms with Gasteiger partial charge >= 0.3 is 0 Å². The van der Waals surface area contributed by atoms with Gasteiger partial charge in [-0.1, -0.05) is 0 Å². The molecule has 1 saturated heterocycles. The Morgan fingerprint density at radius 3 is 2.83 bits per heavy atom. The van der Waals surface area contributed by atoms with E-state index >= 15 is 0 Å². The van der Waals surface area contributed by atoms with Crippen molar-refractivity contribution in [2.24, 2.45) is 0 Å². The van der Waals surface area contributed by atoms with Crippen molar-refractivity contribution in [3.05, 3.63) is 49.1 Å². The predicted octanol–water partition coefficient (Wildman–Crippen LogP) is 2.61. The molecule has 1 N–H and O–H groups in total. The van der Waals surface area contributed by atoms with Gasteiger partial charge in [-0.25, -0.2) is 19.5 Å². The molecule has 8 nitrogen and oxygen atoms in total. The molecular weight excluding hydrogens is 378 g/mol. The van der Waals surface area contributed by atoms with Gasteiger partial charge in [0.2, 0.25) is 5.95 Å². The van der Waals surface area contributed by atoms with Crippen LogP contribution in [0.2, 0.25) is 0 Å². The molecule has 0 bridgehead atoms. The number of morpholine rings is 1. The van der Waals surface area contributed by atoms with Gasteiger partial charge in [-0.3, -0.25) is 4.90 Å². The number of pyridine rings is 2. The van der Waals surface area contributed by atoms with Crippen molar-refractivity contribution in [3.63, 3.8) is 0 Å². The Balaban J connectivity index is 1.18. The van der Waals surface area contributed by atoms with Crippen LogP contribution < -0.4 is 5.32 Å². The molecule has 1 aliphatic carbocycles. The largest absolute Gasteiger partial charge is 0.379 e. The Kier molecular flexibility index (Phi) is 4.32. The maximum Gasteiger partial charge on any atom is 0.241 e. The van der Waals surface area contributed by atoms with Crippen LogP contribution >= 0.6 is 0 Å². The third kappa shape index (κ3) is 3.18. The average molecular weight is 401 g/mol. The number of hydrogen-bond donors (Lipinski definition) is 1. The molecule has 4 aromatic heterocycles. The van der Waals surface area contributed by atoms with E-state index in [2.05, 4.69) is 42.4 Å². The Hall–Kier alpha value is -3.10. The normalized spacial score (nSPS) is 22.3. The highest BCUT2D eigenvalue weighted by Crippen LogP contribution is 2.30. The maximum absolute atomic E-state index is 5.45. The molecule has 8 heteroatoms. The van der Waals surface area contributed by atoms with Crippen molar-refractivity contribution in [2.75, 3.05) is 31.6 Å². The summed E-state index contributed by atoms with van der Waals surface area (Å²) in [4.78, 5) is 15.9. The summed E-state index contributed by atoms with van der Waals surface area (Å²) < 4.78 is 7.33. The summed E-state index contributed by atoms with van der Waals surface area (Å²) in [5.41, 5.74) is 3.82. The number of nitrogens with zero attached hydrogens (tertiary/aromatic N) is 6. The Morgan fingerprint density at radius 1 is 1.03 bits per heavy atom. The van der Waals surface area contributed by atoms with Crippen LogP contribution in [0.4, 0.5) is 5.95 Å². The Morgan fingerprint density at radius 2 is 1.93 bits per heavy atom. The number of hydrogen-bond acceptors (Lipinski definition) is 7. The molecular formula is C22H23N7O. The van der Waals surface area contributed by atoms with Gasteiger partial charge in [-0.05, 0) is 37.1 Å². The topological polar surface area (TPSA) is 80.5 Å². The Labute approximate surface area is 173 Å². The lowest BCUT2D eigenvalue weighted by Crippen LogP contribution is -2.53. The van der Waals surface area contributed by atoms with Crippen LogP contribution in [-0.2, 0) is 4.74 Å². The first-order chi connectivity index (χ1) is 14.8. The van der Waals surface area contributed by atoms with Crippen LogP contribution in [-0.4, -0.2) is 67.9 Å². The van der Waals surface area contributed by atoms with Crippen molar-refractivity contribution in [2.45, 2.75) is 24.9 Å². The molecule has 30 heavy (non-hydrogen) atoms. The lowest BCUT2D eigenvalue weighted by atomic mass is 9.85. The second-order valence-corrected chi connectivity index (χ2v) is 8.03. The molecule has 5 heterocycles. The van der Waals surface area contributed by atoms with E-state index in [1.54, 1.807) is 6.20 Å². The molecule has 152 valence electrons. The number of rotatable bonds is 4. The summed E-state index contributed by atoms with van der Waals surface area (Å²) in [6.45, 7) is 3.80. The minimum atomic E-state index is 0.433. The summed E-state index contributed by atoms with van der Waals surface area (Å²) in [5, 5.41) is 9.18. The van der Waals surface area contributed by atoms with Crippen molar-refractivity contribution in [3.8, 4) is 11.1 Å². The van der Waals surface area contributed by atoms with E-state index in [1.165, 1.54) is 0 Å². The fourth-order valence-corrected chi connectivity index (χ4v) is 4.45. The maximum atomic E-state index is 5.45. The lowest BCUT2D eigenvalue weighted by Gasteiger charge is -2.44. The molecule has 0 unspecified atom stereocenters. The highest BCUT2D eigenvalue weighted by atomic mass is 16.5. The van der Waals surface area contributed by atoms with E-state index in [-0.39, 0.29) is 0 Å². The van der Waals surface area contributed by atoms with Crippen LogP contribution in [0.25, 0.3) is 27.7 Å².